The van der Waals surface area contributed by atoms with Gasteiger partial charge in [-0.1, -0.05) is 6.07 Å². The molecule has 1 fully saturated rings. The Morgan fingerprint density at radius 1 is 1.25 bits per heavy atom. The number of aliphatic hydroxyl groups excluding tert-OH is 1. The van der Waals surface area contributed by atoms with Crippen LogP contribution in [0.3, 0.4) is 0 Å². The van der Waals surface area contributed by atoms with Crippen molar-refractivity contribution in [2.75, 3.05) is 13.1 Å². The second kappa shape index (κ2) is 8.03. The normalized spacial score (nSPS) is 17.5. The molecule has 0 saturated carbocycles. The largest absolute Gasteiger partial charge is 0.507 e. The Morgan fingerprint density at radius 3 is 2.71 bits per heavy atom. The number of pyridine rings is 1. The quantitative estimate of drug-likeness (QED) is 0.612. The van der Waals surface area contributed by atoms with Crippen molar-refractivity contribution in [2.24, 2.45) is 0 Å². The summed E-state index contributed by atoms with van der Waals surface area (Å²) in [7, 11) is -1.77. The first-order valence-electron chi connectivity index (χ1n) is 8.65. The highest BCUT2D eigenvalue weighted by molar-refractivity contribution is 7.90. The van der Waals surface area contributed by atoms with Gasteiger partial charge in [0, 0.05) is 24.5 Å². The lowest BCUT2D eigenvalue weighted by Gasteiger charge is -2.29. The van der Waals surface area contributed by atoms with Gasteiger partial charge in [0.25, 0.3) is 5.91 Å². The van der Waals surface area contributed by atoms with Crippen LogP contribution in [0.25, 0.3) is 0 Å². The fourth-order valence-corrected chi connectivity index (χ4v) is 4.84. The van der Waals surface area contributed by atoms with E-state index in [0.717, 1.165) is 12.1 Å². The zero-order valence-electron chi connectivity index (χ0n) is 14.9. The zero-order valence-corrected chi connectivity index (χ0v) is 16.9. The molecule has 1 amide bonds. The van der Waals surface area contributed by atoms with Crippen LogP contribution in [0.15, 0.2) is 35.2 Å². The molecule has 0 spiro atoms. The van der Waals surface area contributed by atoms with Crippen molar-refractivity contribution in [3.63, 3.8) is 0 Å². The maximum atomic E-state index is 12.7. The van der Waals surface area contributed by atoms with Gasteiger partial charge in [-0.05, 0) is 31.0 Å². The molecule has 150 valence electrons. The molecular weight excluding hydrogens is 403 g/mol. The molecule has 2 unspecified atom stereocenters. The van der Waals surface area contributed by atoms with Crippen molar-refractivity contribution in [1.82, 2.24) is 9.88 Å². The number of aromatic hydroxyl groups is 2. The minimum absolute atomic E-state index is 0.100. The molecule has 1 aliphatic rings. The summed E-state index contributed by atoms with van der Waals surface area (Å²) in [6, 6.07) is 6.65. The number of likely N-dealkylation sites (tertiary alicyclic amines) is 1. The van der Waals surface area contributed by atoms with Crippen LogP contribution >= 0.6 is 9.24 Å². The van der Waals surface area contributed by atoms with Crippen LogP contribution in [0, 0.1) is 0 Å². The Bertz CT molecular complexity index is 1010. The number of sulfone groups is 1. The molecule has 1 aliphatic heterocycles. The lowest BCUT2D eigenvalue weighted by atomic mass is 10.1. The number of hydrogen-bond acceptors (Lipinski definition) is 7. The summed E-state index contributed by atoms with van der Waals surface area (Å²) in [4.78, 5) is 17.9. The van der Waals surface area contributed by atoms with E-state index in [4.69, 9.17) is 0 Å². The highest BCUT2D eigenvalue weighted by atomic mass is 32.2. The molecule has 1 aromatic heterocycles. The minimum atomic E-state index is -3.96. The van der Waals surface area contributed by atoms with Gasteiger partial charge in [-0.2, -0.15) is 0 Å². The second-order valence-electron chi connectivity index (χ2n) is 6.70. The number of rotatable bonds is 4. The summed E-state index contributed by atoms with van der Waals surface area (Å²) in [6.45, 7) is 0.736. The van der Waals surface area contributed by atoms with Crippen molar-refractivity contribution < 1.29 is 28.5 Å². The van der Waals surface area contributed by atoms with Gasteiger partial charge in [0.1, 0.15) is 22.1 Å². The van der Waals surface area contributed by atoms with E-state index in [9.17, 15) is 28.5 Å². The van der Waals surface area contributed by atoms with Gasteiger partial charge in [0.15, 0.2) is 9.84 Å². The van der Waals surface area contributed by atoms with Crippen molar-refractivity contribution in [1.29, 1.82) is 0 Å². The standard InChI is InChI=1S/C18H21N2O6PS/c21-12-4-2-6-20(9-12)18(24)13-5-1-3-11(19-13)10-28(25,26)17-8-16(27)14(22)7-15(17)23/h1,3,5,7-8,12,21-23H,2,4,6,9-10,27H2. The molecule has 0 bridgehead atoms. The molecule has 8 nitrogen and oxygen atoms in total. The van der Waals surface area contributed by atoms with Crippen molar-refractivity contribution in [3.8, 4) is 11.5 Å². The van der Waals surface area contributed by atoms with Crippen LogP contribution in [0.2, 0.25) is 0 Å². The number of amides is 1. The van der Waals surface area contributed by atoms with Crippen LogP contribution in [-0.2, 0) is 15.6 Å². The lowest BCUT2D eigenvalue weighted by Crippen LogP contribution is -2.42. The summed E-state index contributed by atoms with van der Waals surface area (Å²) in [5.74, 6) is -1.68. The summed E-state index contributed by atoms with van der Waals surface area (Å²) in [5, 5.41) is 29.5. The lowest BCUT2D eigenvalue weighted by molar-refractivity contribution is 0.0469. The predicted octanol–water partition coefficient (Wildman–Crippen LogP) is 0.564. The fourth-order valence-electron chi connectivity index (χ4n) is 3.07. The van der Waals surface area contributed by atoms with E-state index in [-0.39, 0.29) is 39.8 Å². The third-order valence-corrected chi connectivity index (χ3v) is 6.63. The van der Waals surface area contributed by atoms with Gasteiger partial charge in [0.05, 0.1) is 17.6 Å². The highest BCUT2D eigenvalue weighted by Crippen LogP contribution is 2.29. The molecular formula is C18H21N2O6PS. The van der Waals surface area contributed by atoms with E-state index in [0.29, 0.717) is 19.4 Å². The molecule has 2 aromatic rings. The third kappa shape index (κ3) is 4.43. The summed E-state index contributed by atoms with van der Waals surface area (Å²) < 4.78 is 25.4. The molecule has 1 aromatic carbocycles. The summed E-state index contributed by atoms with van der Waals surface area (Å²) in [6.07, 6.45) is 0.766. The van der Waals surface area contributed by atoms with Crippen molar-refractivity contribution in [2.45, 2.75) is 29.6 Å². The zero-order chi connectivity index (χ0) is 20.5. The molecule has 3 N–H and O–H groups in total. The van der Waals surface area contributed by atoms with Gasteiger partial charge in [-0.15, -0.1) is 9.24 Å². The van der Waals surface area contributed by atoms with E-state index in [1.165, 1.54) is 17.0 Å². The monoisotopic (exact) mass is 424 g/mol. The Labute approximate surface area is 165 Å². The molecule has 3 rings (SSSR count). The van der Waals surface area contributed by atoms with E-state index in [1.54, 1.807) is 6.07 Å². The molecule has 1 saturated heterocycles. The van der Waals surface area contributed by atoms with Gasteiger partial charge in [-0.25, -0.2) is 13.4 Å². The van der Waals surface area contributed by atoms with Crippen LogP contribution in [0.4, 0.5) is 0 Å². The maximum Gasteiger partial charge on any atom is 0.272 e. The molecule has 28 heavy (non-hydrogen) atoms. The topological polar surface area (TPSA) is 128 Å². The van der Waals surface area contributed by atoms with Crippen LogP contribution in [0.5, 0.6) is 11.5 Å². The van der Waals surface area contributed by atoms with Gasteiger partial charge in [0.2, 0.25) is 0 Å². The van der Waals surface area contributed by atoms with Crippen molar-refractivity contribution in [3.05, 3.63) is 41.7 Å². The Morgan fingerprint density at radius 2 is 2.00 bits per heavy atom. The number of carbonyl (C=O) groups excluding carboxylic acids is 1. The molecule has 2 heterocycles. The van der Waals surface area contributed by atoms with E-state index in [1.807, 2.05) is 0 Å². The highest BCUT2D eigenvalue weighted by Gasteiger charge is 2.25. The minimum Gasteiger partial charge on any atom is -0.507 e. The first-order chi connectivity index (χ1) is 13.2. The summed E-state index contributed by atoms with van der Waals surface area (Å²) in [5.41, 5.74) is 0.254. The Hall–Kier alpha value is -2.22. The number of nitrogens with zero attached hydrogens (tertiary/aromatic N) is 2. The smallest absolute Gasteiger partial charge is 0.272 e. The van der Waals surface area contributed by atoms with Gasteiger partial charge in [-0.3, -0.25) is 4.79 Å². The number of aliphatic hydroxyl groups is 1. The maximum absolute atomic E-state index is 12.7. The second-order valence-corrected chi connectivity index (χ2v) is 9.28. The number of β-amino-alcohol motifs (C(OH)–C–C–N with tert-alkyl or cyclic N) is 1. The predicted molar refractivity (Wildman–Crippen MR) is 105 cm³/mol. The number of benzene rings is 1. The van der Waals surface area contributed by atoms with E-state index in [2.05, 4.69) is 14.2 Å². The number of carbonyl (C=O) groups is 1. The average Bonchev–Trinajstić information content (AvgIpc) is 2.63. The number of phenols is 2. The van der Waals surface area contributed by atoms with Gasteiger partial charge < -0.3 is 20.2 Å². The fraction of sp³-hybridized carbons (Fsp3) is 0.333. The molecule has 10 heteroatoms. The van der Waals surface area contributed by atoms with Crippen molar-refractivity contribution >= 4 is 30.3 Å². The average molecular weight is 424 g/mol. The summed E-state index contributed by atoms with van der Waals surface area (Å²) >= 11 is 0. The van der Waals surface area contributed by atoms with E-state index >= 15 is 0 Å². The molecule has 0 aliphatic carbocycles. The Balaban J connectivity index is 1.84. The van der Waals surface area contributed by atoms with Crippen LogP contribution in [-0.4, -0.2) is 58.7 Å². The third-order valence-electron chi connectivity index (χ3n) is 4.49. The first-order valence-corrected chi connectivity index (χ1v) is 10.9. The molecule has 0 radical (unpaired) electrons. The SMILES string of the molecule is O=C(c1cccc(CS(=O)(=O)c2cc(P)c(O)cc2O)n1)N1CCCC(O)C1. The van der Waals surface area contributed by atoms with Crippen LogP contribution < -0.4 is 5.30 Å². The molecule has 2 atom stereocenters. The van der Waals surface area contributed by atoms with Gasteiger partial charge >= 0.3 is 0 Å². The number of hydrogen-bond donors (Lipinski definition) is 3. The van der Waals surface area contributed by atoms with Crippen LogP contribution in [0.1, 0.15) is 29.0 Å². The first kappa shape index (κ1) is 20.5. The van der Waals surface area contributed by atoms with E-state index < -0.39 is 27.4 Å². The number of piperidine rings is 1. The Kier molecular flexibility index (Phi) is 5.88. The number of aromatic nitrogens is 1. The number of phenolic OH excluding ortho intramolecular Hbond substituents is 2.